The van der Waals surface area contributed by atoms with Crippen LogP contribution in [0.5, 0.6) is 0 Å². The zero-order valence-electron chi connectivity index (χ0n) is 24.4. The number of aliphatic carboxylic acids is 1. The minimum Gasteiger partial charge on any atom is -0.481 e. The van der Waals surface area contributed by atoms with Crippen molar-refractivity contribution in [2.75, 3.05) is 6.61 Å². The standard InChI is InChI=1S/C28H41N7O8/c1-14(2)10-21(34-25(40)18(29)11-16-12-31-19-7-5-4-6-17(16)19)27(42)33-20(8-9-23(37)38)26(41)35-22(13-36)28(43)32-15(3)24(30)39/h4-7,12,14-15,18,20-22,31,36H,8-11,13,29H2,1-3H3,(H2,30,39)(H,32,43)(H,33,42)(H,34,40)(H,35,41)(H,37,38)/t15-,18-,20-,21-,22-/m0/s1. The summed E-state index contributed by atoms with van der Waals surface area (Å²) < 4.78 is 0. The first-order valence-electron chi connectivity index (χ1n) is 13.9. The van der Waals surface area contributed by atoms with Gasteiger partial charge in [-0.2, -0.15) is 0 Å². The molecule has 5 atom stereocenters. The van der Waals surface area contributed by atoms with Crippen molar-refractivity contribution in [2.45, 2.75) is 76.7 Å². The summed E-state index contributed by atoms with van der Waals surface area (Å²) in [5.41, 5.74) is 13.0. The summed E-state index contributed by atoms with van der Waals surface area (Å²) in [6.07, 6.45) is 1.26. The van der Waals surface area contributed by atoms with Gasteiger partial charge in [0, 0.05) is 23.5 Å². The number of rotatable bonds is 17. The molecule has 2 aromatic rings. The van der Waals surface area contributed by atoms with E-state index in [9.17, 15) is 33.9 Å². The molecule has 1 aromatic carbocycles. The number of carbonyl (C=O) groups is 6. The van der Waals surface area contributed by atoms with Gasteiger partial charge in [0.05, 0.1) is 12.6 Å². The molecule has 15 heteroatoms. The highest BCUT2D eigenvalue weighted by Gasteiger charge is 2.31. The second-order valence-electron chi connectivity index (χ2n) is 10.7. The van der Waals surface area contributed by atoms with Crippen LogP contribution in [-0.2, 0) is 35.2 Å². The highest BCUT2D eigenvalue weighted by molar-refractivity contribution is 5.96. The van der Waals surface area contributed by atoms with Crippen LogP contribution in [0, 0.1) is 5.92 Å². The molecule has 0 radical (unpaired) electrons. The Balaban J connectivity index is 2.15. The van der Waals surface area contributed by atoms with E-state index < -0.39 is 78.7 Å². The Morgan fingerprint density at radius 3 is 2.05 bits per heavy atom. The van der Waals surface area contributed by atoms with Crippen molar-refractivity contribution in [1.82, 2.24) is 26.3 Å². The number of primary amides is 1. The van der Waals surface area contributed by atoms with Crippen molar-refractivity contribution in [2.24, 2.45) is 17.4 Å². The van der Waals surface area contributed by atoms with Gasteiger partial charge in [0.1, 0.15) is 24.2 Å². The van der Waals surface area contributed by atoms with Crippen LogP contribution in [0.4, 0.5) is 0 Å². The van der Waals surface area contributed by atoms with Gasteiger partial charge in [-0.05, 0) is 43.7 Å². The Morgan fingerprint density at radius 2 is 1.44 bits per heavy atom. The number of nitrogens with two attached hydrogens (primary N) is 2. The molecule has 0 fully saturated rings. The molecule has 0 aliphatic rings. The lowest BCUT2D eigenvalue weighted by Gasteiger charge is -2.26. The maximum Gasteiger partial charge on any atom is 0.303 e. The third kappa shape index (κ3) is 10.7. The minimum atomic E-state index is -1.52. The van der Waals surface area contributed by atoms with E-state index in [0.717, 1.165) is 16.5 Å². The average molecular weight is 604 g/mol. The van der Waals surface area contributed by atoms with E-state index in [2.05, 4.69) is 26.3 Å². The van der Waals surface area contributed by atoms with Crippen LogP contribution in [0.15, 0.2) is 30.5 Å². The number of benzene rings is 1. The monoisotopic (exact) mass is 603 g/mol. The Labute approximate surface area is 248 Å². The molecule has 0 saturated heterocycles. The summed E-state index contributed by atoms with van der Waals surface area (Å²) >= 11 is 0. The minimum absolute atomic E-state index is 0.0677. The van der Waals surface area contributed by atoms with Crippen molar-refractivity contribution >= 4 is 46.4 Å². The predicted octanol–water partition coefficient (Wildman–Crippen LogP) is -1.61. The molecule has 5 amide bonds. The third-order valence-electron chi connectivity index (χ3n) is 6.67. The lowest BCUT2D eigenvalue weighted by Crippen LogP contribution is -2.59. The predicted molar refractivity (Wildman–Crippen MR) is 156 cm³/mol. The van der Waals surface area contributed by atoms with Crippen LogP contribution < -0.4 is 32.7 Å². The smallest absolute Gasteiger partial charge is 0.303 e. The Morgan fingerprint density at radius 1 is 0.860 bits per heavy atom. The van der Waals surface area contributed by atoms with E-state index in [0.29, 0.717) is 0 Å². The number of H-pyrrole nitrogens is 1. The summed E-state index contributed by atoms with van der Waals surface area (Å²) in [5.74, 6) is -5.39. The van der Waals surface area contributed by atoms with Crippen LogP contribution in [0.25, 0.3) is 10.9 Å². The van der Waals surface area contributed by atoms with E-state index in [-0.39, 0.29) is 25.2 Å². The third-order valence-corrected chi connectivity index (χ3v) is 6.67. The second-order valence-corrected chi connectivity index (χ2v) is 10.7. The fraction of sp³-hybridized carbons (Fsp3) is 0.500. The summed E-state index contributed by atoms with van der Waals surface area (Å²) in [5, 5.41) is 29.3. The molecular formula is C28H41N7O8. The van der Waals surface area contributed by atoms with Gasteiger partial charge in [0.25, 0.3) is 0 Å². The topological polar surface area (TPSA) is 259 Å². The Kier molecular flexibility index (Phi) is 13.1. The number of fused-ring (bicyclic) bond motifs is 1. The average Bonchev–Trinajstić information content (AvgIpc) is 3.35. The molecule has 0 unspecified atom stereocenters. The molecule has 0 bridgehead atoms. The van der Waals surface area contributed by atoms with Gasteiger partial charge in [0.2, 0.25) is 29.5 Å². The van der Waals surface area contributed by atoms with E-state index in [4.69, 9.17) is 16.6 Å². The fourth-order valence-electron chi connectivity index (χ4n) is 4.27. The highest BCUT2D eigenvalue weighted by atomic mass is 16.4. The summed E-state index contributed by atoms with van der Waals surface area (Å²) in [4.78, 5) is 77.4. The zero-order chi connectivity index (χ0) is 32.3. The van der Waals surface area contributed by atoms with Crippen LogP contribution in [0.2, 0.25) is 0 Å². The van der Waals surface area contributed by atoms with E-state index in [1.165, 1.54) is 6.92 Å². The first kappa shape index (κ1) is 34.7. The highest BCUT2D eigenvalue weighted by Crippen LogP contribution is 2.19. The molecule has 15 nitrogen and oxygen atoms in total. The van der Waals surface area contributed by atoms with Gasteiger partial charge in [-0.1, -0.05) is 32.0 Å². The molecule has 1 aromatic heterocycles. The molecule has 236 valence electrons. The molecule has 1 heterocycles. The summed E-state index contributed by atoms with van der Waals surface area (Å²) in [7, 11) is 0. The number of amides is 5. The maximum atomic E-state index is 13.3. The fourth-order valence-corrected chi connectivity index (χ4v) is 4.27. The van der Waals surface area contributed by atoms with Crippen molar-refractivity contribution < 1.29 is 39.0 Å². The van der Waals surface area contributed by atoms with Crippen molar-refractivity contribution in [3.63, 3.8) is 0 Å². The number of hydrogen-bond donors (Lipinski definition) is 9. The summed E-state index contributed by atoms with van der Waals surface area (Å²) in [6, 6.07) is 1.35. The SMILES string of the molecule is CC(C)C[C@H](NC(=O)[C@@H](N)Cc1c[nH]c2ccccc12)C(=O)N[C@@H](CCC(=O)O)C(=O)N[C@@H](CO)C(=O)N[C@@H](C)C(N)=O. The number of carboxylic acid groups (broad SMARTS) is 1. The zero-order valence-corrected chi connectivity index (χ0v) is 24.4. The number of aromatic amines is 1. The van der Waals surface area contributed by atoms with E-state index >= 15 is 0 Å². The van der Waals surface area contributed by atoms with Crippen molar-refractivity contribution in [3.05, 3.63) is 36.0 Å². The number of aromatic nitrogens is 1. The number of para-hydroxylation sites is 1. The number of carbonyl (C=O) groups excluding carboxylic acids is 5. The van der Waals surface area contributed by atoms with Crippen LogP contribution in [0.3, 0.4) is 0 Å². The number of nitrogens with one attached hydrogen (secondary N) is 5. The Hall–Kier alpha value is -4.50. The number of hydrogen-bond acceptors (Lipinski definition) is 8. The van der Waals surface area contributed by atoms with E-state index in [1.807, 2.05) is 38.1 Å². The van der Waals surface area contributed by atoms with Crippen molar-refractivity contribution in [3.8, 4) is 0 Å². The maximum absolute atomic E-state index is 13.3. The molecule has 2 rings (SSSR count). The van der Waals surface area contributed by atoms with Gasteiger partial charge in [-0.15, -0.1) is 0 Å². The van der Waals surface area contributed by atoms with Gasteiger partial charge in [-0.25, -0.2) is 0 Å². The van der Waals surface area contributed by atoms with Crippen molar-refractivity contribution in [1.29, 1.82) is 0 Å². The Bertz CT molecular complexity index is 1310. The molecular weight excluding hydrogens is 562 g/mol. The molecule has 11 N–H and O–H groups in total. The molecule has 0 spiro atoms. The lowest BCUT2D eigenvalue weighted by atomic mass is 10.0. The molecule has 43 heavy (non-hydrogen) atoms. The number of carboxylic acids is 1. The van der Waals surface area contributed by atoms with Gasteiger partial charge >= 0.3 is 5.97 Å². The molecule has 0 aliphatic carbocycles. The van der Waals surface area contributed by atoms with Crippen LogP contribution >= 0.6 is 0 Å². The van der Waals surface area contributed by atoms with Gasteiger partial charge < -0.3 is 47.9 Å². The molecule has 0 aliphatic heterocycles. The summed E-state index contributed by atoms with van der Waals surface area (Å²) in [6.45, 7) is 4.10. The quantitative estimate of drug-likeness (QED) is 0.101. The first-order chi connectivity index (χ1) is 20.2. The normalized spacial score (nSPS) is 14.7. The molecule has 0 saturated carbocycles. The lowest BCUT2D eigenvalue weighted by molar-refractivity contribution is -0.138. The van der Waals surface area contributed by atoms with Crippen LogP contribution in [-0.4, -0.2) is 87.5 Å². The largest absolute Gasteiger partial charge is 0.481 e. The van der Waals surface area contributed by atoms with E-state index in [1.54, 1.807) is 6.20 Å². The first-order valence-corrected chi connectivity index (χ1v) is 13.9. The van der Waals surface area contributed by atoms with Gasteiger partial charge in [0.15, 0.2) is 0 Å². The second kappa shape index (κ2) is 16.2. The number of aliphatic hydroxyl groups is 1. The van der Waals surface area contributed by atoms with Gasteiger partial charge in [-0.3, -0.25) is 28.8 Å². The van der Waals surface area contributed by atoms with Crippen LogP contribution in [0.1, 0.15) is 45.6 Å². The number of aliphatic hydroxyl groups excluding tert-OH is 1.